The molecule has 2 N–H and O–H groups in total. The predicted molar refractivity (Wildman–Crippen MR) is 60.4 cm³/mol. The Kier molecular flexibility index (Phi) is 4.58. The van der Waals surface area contributed by atoms with Crippen LogP contribution in [0.4, 0.5) is 0 Å². The molecule has 1 aliphatic rings. The van der Waals surface area contributed by atoms with E-state index < -0.39 is 0 Å². The molecule has 0 radical (unpaired) electrons. The minimum absolute atomic E-state index is 0.159. The van der Waals surface area contributed by atoms with Crippen LogP contribution < -0.4 is 5.73 Å². The average molecular weight is 213 g/mol. The molecule has 1 rings (SSSR count). The zero-order valence-corrected chi connectivity index (χ0v) is 9.92. The Morgan fingerprint density at radius 2 is 2.00 bits per heavy atom. The average Bonchev–Trinajstić information content (AvgIpc) is 2.18. The number of hydrogen-bond acceptors (Lipinski definition) is 3. The van der Waals surface area contributed by atoms with Gasteiger partial charge >= 0.3 is 5.97 Å². The Labute approximate surface area is 92.4 Å². The van der Waals surface area contributed by atoms with Gasteiger partial charge in [-0.1, -0.05) is 19.3 Å². The van der Waals surface area contributed by atoms with Crippen molar-refractivity contribution in [2.24, 2.45) is 11.7 Å². The third-order valence-electron chi connectivity index (χ3n) is 3.37. The SMILES string of the molecule is CCOC(=O)C[C@](C)(N)C1CCCCC1. The Bertz CT molecular complexity index is 208. The Balaban J connectivity index is 2.45. The van der Waals surface area contributed by atoms with Crippen molar-refractivity contribution in [3.8, 4) is 0 Å². The number of hydrogen-bond donors (Lipinski definition) is 1. The van der Waals surface area contributed by atoms with Crippen LogP contribution in [0.5, 0.6) is 0 Å². The van der Waals surface area contributed by atoms with Crippen LogP contribution in [-0.2, 0) is 9.53 Å². The van der Waals surface area contributed by atoms with Crippen molar-refractivity contribution in [1.29, 1.82) is 0 Å². The number of carbonyl (C=O) groups is 1. The van der Waals surface area contributed by atoms with Gasteiger partial charge in [-0.25, -0.2) is 0 Å². The zero-order valence-electron chi connectivity index (χ0n) is 9.92. The third-order valence-corrected chi connectivity index (χ3v) is 3.37. The first-order valence-corrected chi connectivity index (χ1v) is 6.00. The van der Waals surface area contributed by atoms with Crippen LogP contribution >= 0.6 is 0 Å². The second-order valence-electron chi connectivity index (χ2n) is 4.82. The lowest BCUT2D eigenvalue weighted by molar-refractivity contribution is -0.145. The molecule has 3 nitrogen and oxygen atoms in total. The molecule has 3 heteroatoms. The molecule has 1 fully saturated rings. The van der Waals surface area contributed by atoms with Crippen LogP contribution in [0.2, 0.25) is 0 Å². The number of rotatable bonds is 4. The molecule has 0 heterocycles. The predicted octanol–water partition coefficient (Wildman–Crippen LogP) is 2.24. The van der Waals surface area contributed by atoms with E-state index in [0.29, 0.717) is 18.9 Å². The van der Waals surface area contributed by atoms with Gasteiger partial charge in [0, 0.05) is 5.54 Å². The lowest BCUT2D eigenvalue weighted by atomic mass is 9.74. The second kappa shape index (κ2) is 5.50. The molecule has 0 aromatic rings. The molecule has 0 aromatic heterocycles. The van der Waals surface area contributed by atoms with Crippen LogP contribution in [0.3, 0.4) is 0 Å². The number of carbonyl (C=O) groups excluding carboxylic acids is 1. The van der Waals surface area contributed by atoms with Crippen molar-refractivity contribution in [2.45, 2.75) is 57.9 Å². The number of ether oxygens (including phenoxy) is 1. The van der Waals surface area contributed by atoms with Gasteiger partial charge in [0.25, 0.3) is 0 Å². The van der Waals surface area contributed by atoms with Gasteiger partial charge in [0.1, 0.15) is 0 Å². The molecule has 0 amide bonds. The fourth-order valence-electron chi connectivity index (χ4n) is 2.43. The van der Waals surface area contributed by atoms with Gasteiger partial charge in [0.2, 0.25) is 0 Å². The highest BCUT2D eigenvalue weighted by molar-refractivity contribution is 5.70. The van der Waals surface area contributed by atoms with E-state index in [1.807, 2.05) is 13.8 Å². The van der Waals surface area contributed by atoms with Crippen LogP contribution in [0.25, 0.3) is 0 Å². The summed E-state index contributed by atoms with van der Waals surface area (Å²) in [7, 11) is 0. The molecule has 0 saturated heterocycles. The van der Waals surface area contributed by atoms with Crippen LogP contribution in [0.1, 0.15) is 52.4 Å². The van der Waals surface area contributed by atoms with Crippen LogP contribution in [-0.4, -0.2) is 18.1 Å². The summed E-state index contributed by atoms with van der Waals surface area (Å²) in [5, 5.41) is 0. The fourth-order valence-corrected chi connectivity index (χ4v) is 2.43. The molecule has 0 unspecified atom stereocenters. The summed E-state index contributed by atoms with van der Waals surface area (Å²) in [6.45, 7) is 4.26. The molecule has 88 valence electrons. The molecule has 15 heavy (non-hydrogen) atoms. The molecular formula is C12H23NO2. The topological polar surface area (TPSA) is 52.3 Å². The van der Waals surface area contributed by atoms with Crippen molar-refractivity contribution in [3.63, 3.8) is 0 Å². The van der Waals surface area contributed by atoms with E-state index in [2.05, 4.69) is 0 Å². The maximum Gasteiger partial charge on any atom is 0.307 e. The molecule has 1 atom stereocenters. The highest BCUT2D eigenvalue weighted by Crippen LogP contribution is 2.33. The molecule has 0 aliphatic heterocycles. The Morgan fingerprint density at radius 3 is 2.53 bits per heavy atom. The lowest BCUT2D eigenvalue weighted by Crippen LogP contribution is -2.47. The van der Waals surface area contributed by atoms with Gasteiger partial charge in [-0.2, -0.15) is 0 Å². The lowest BCUT2D eigenvalue weighted by Gasteiger charge is -2.36. The molecule has 1 saturated carbocycles. The quantitative estimate of drug-likeness (QED) is 0.729. The summed E-state index contributed by atoms with van der Waals surface area (Å²) in [5.74, 6) is 0.323. The van der Waals surface area contributed by atoms with E-state index in [4.69, 9.17) is 10.5 Å². The van der Waals surface area contributed by atoms with E-state index in [-0.39, 0.29) is 11.5 Å². The Hall–Kier alpha value is -0.570. The van der Waals surface area contributed by atoms with Crippen LogP contribution in [0, 0.1) is 5.92 Å². The van der Waals surface area contributed by atoms with Crippen molar-refractivity contribution < 1.29 is 9.53 Å². The highest BCUT2D eigenvalue weighted by Gasteiger charge is 2.33. The summed E-state index contributed by atoms with van der Waals surface area (Å²) < 4.78 is 4.95. The van der Waals surface area contributed by atoms with E-state index >= 15 is 0 Å². The molecule has 0 aromatic carbocycles. The van der Waals surface area contributed by atoms with Gasteiger partial charge in [-0.05, 0) is 32.6 Å². The first-order valence-electron chi connectivity index (χ1n) is 6.00. The summed E-state index contributed by atoms with van der Waals surface area (Å²) in [5.41, 5.74) is 5.84. The van der Waals surface area contributed by atoms with Crippen molar-refractivity contribution in [1.82, 2.24) is 0 Å². The minimum Gasteiger partial charge on any atom is -0.466 e. The van der Waals surface area contributed by atoms with Crippen molar-refractivity contribution in [3.05, 3.63) is 0 Å². The summed E-state index contributed by atoms with van der Waals surface area (Å²) in [4.78, 5) is 11.4. The van der Waals surface area contributed by atoms with Crippen LogP contribution in [0.15, 0.2) is 0 Å². The maximum absolute atomic E-state index is 11.4. The third kappa shape index (κ3) is 3.82. The summed E-state index contributed by atoms with van der Waals surface area (Å²) >= 11 is 0. The number of esters is 1. The summed E-state index contributed by atoms with van der Waals surface area (Å²) in [6, 6.07) is 0. The van der Waals surface area contributed by atoms with E-state index in [1.165, 1.54) is 19.3 Å². The van der Waals surface area contributed by atoms with Crippen molar-refractivity contribution >= 4 is 5.97 Å². The minimum atomic E-state index is -0.382. The van der Waals surface area contributed by atoms with Gasteiger partial charge < -0.3 is 10.5 Å². The molecular weight excluding hydrogens is 190 g/mol. The van der Waals surface area contributed by atoms with Gasteiger partial charge in [-0.15, -0.1) is 0 Å². The van der Waals surface area contributed by atoms with E-state index in [9.17, 15) is 4.79 Å². The van der Waals surface area contributed by atoms with Gasteiger partial charge in [0.05, 0.1) is 13.0 Å². The van der Waals surface area contributed by atoms with Crippen molar-refractivity contribution in [2.75, 3.05) is 6.61 Å². The fraction of sp³-hybridized carbons (Fsp3) is 0.917. The highest BCUT2D eigenvalue weighted by atomic mass is 16.5. The maximum atomic E-state index is 11.4. The first-order chi connectivity index (χ1) is 7.06. The first kappa shape index (κ1) is 12.5. The van der Waals surface area contributed by atoms with E-state index in [1.54, 1.807) is 0 Å². The van der Waals surface area contributed by atoms with Gasteiger partial charge in [-0.3, -0.25) is 4.79 Å². The summed E-state index contributed by atoms with van der Waals surface area (Å²) in [6.07, 6.45) is 6.48. The monoisotopic (exact) mass is 213 g/mol. The molecule has 0 spiro atoms. The van der Waals surface area contributed by atoms with Gasteiger partial charge in [0.15, 0.2) is 0 Å². The standard InChI is InChI=1S/C12H23NO2/c1-3-15-11(14)9-12(2,13)10-7-5-4-6-8-10/h10H,3-9,13H2,1-2H3/t12-/m0/s1. The molecule has 1 aliphatic carbocycles. The van der Waals surface area contributed by atoms with E-state index in [0.717, 1.165) is 12.8 Å². The zero-order chi connectivity index (χ0) is 11.3. The smallest absolute Gasteiger partial charge is 0.307 e. The normalized spacial score (nSPS) is 22.1. The Morgan fingerprint density at radius 1 is 1.40 bits per heavy atom. The molecule has 0 bridgehead atoms. The number of nitrogens with two attached hydrogens (primary N) is 1. The second-order valence-corrected chi connectivity index (χ2v) is 4.82. The largest absolute Gasteiger partial charge is 0.466 e.